The Morgan fingerprint density at radius 2 is 1.71 bits per heavy atom. The number of hydrogen-bond acceptors (Lipinski definition) is 10. The molecule has 1 aliphatic rings. The van der Waals surface area contributed by atoms with Crippen molar-refractivity contribution in [1.82, 2.24) is 36.4 Å². The minimum absolute atomic E-state index is 0.0726. The number of methoxy groups -OCH3 is 2. The highest BCUT2D eigenvalue weighted by atomic mass is 16.5. The van der Waals surface area contributed by atoms with Crippen LogP contribution in [0.25, 0.3) is 0 Å². The van der Waals surface area contributed by atoms with Crippen LogP contribution in [-0.4, -0.2) is 102 Å². The van der Waals surface area contributed by atoms with Gasteiger partial charge in [0.1, 0.15) is 23.6 Å². The molecule has 0 aliphatic carbocycles. The normalized spacial score (nSPS) is 19.0. The molecule has 3 aromatic rings. The molecule has 3 atom stereocenters. The van der Waals surface area contributed by atoms with E-state index < -0.39 is 54.3 Å². The van der Waals surface area contributed by atoms with E-state index in [1.807, 2.05) is 0 Å². The Hall–Kier alpha value is -5.64. The number of nitrogens with one attached hydrogen (secondary N) is 5. The summed E-state index contributed by atoms with van der Waals surface area (Å²) in [4.78, 5) is 68.0. The largest absolute Gasteiger partial charge is 0.496 e. The average molecular weight is 708 g/mol. The summed E-state index contributed by atoms with van der Waals surface area (Å²) < 4.78 is 17.3. The van der Waals surface area contributed by atoms with E-state index in [4.69, 9.17) is 14.2 Å². The van der Waals surface area contributed by atoms with Crippen LogP contribution in [0.2, 0.25) is 0 Å². The monoisotopic (exact) mass is 707 g/mol. The highest BCUT2D eigenvalue weighted by Crippen LogP contribution is 2.37. The molecule has 51 heavy (non-hydrogen) atoms. The first-order valence-electron chi connectivity index (χ1n) is 16.6. The van der Waals surface area contributed by atoms with Crippen molar-refractivity contribution in [3.05, 3.63) is 65.5 Å². The van der Waals surface area contributed by atoms with Crippen molar-refractivity contribution in [2.45, 2.75) is 58.3 Å². The Balaban J connectivity index is 1.68. The molecule has 6 N–H and O–H groups in total. The van der Waals surface area contributed by atoms with Gasteiger partial charge in [-0.1, -0.05) is 19.9 Å². The van der Waals surface area contributed by atoms with Crippen LogP contribution < -0.4 is 35.5 Å². The van der Waals surface area contributed by atoms with Crippen LogP contribution in [0.4, 0.5) is 0 Å². The molecule has 0 saturated carbocycles. The van der Waals surface area contributed by atoms with E-state index >= 15 is 0 Å². The lowest BCUT2D eigenvalue weighted by atomic mass is 10.0. The second-order valence-corrected chi connectivity index (χ2v) is 12.3. The topological polar surface area (TPSA) is 213 Å². The van der Waals surface area contributed by atoms with Crippen molar-refractivity contribution in [1.29, 1.82) is 0 Å². The number of benzene rings is 2. The Morgan fingerprint density at radius 1 is 0.941 bits per heavy atom. The molecule has 274 valence electrons. The summed E-state index contributed by atoms with van der Waals surface area (Å²) in [7, 11) is 2.94. The summed E-state index contributed by atoms with van der Waals surface area (Å²) in [6, 6.07) is 7.33. The smallest absolute Gasteiger partial charge is 0.257 e. The maximum Gasteiger partial charge on any atom is 0.257 e. The molecule has 0 fully saturated rings. The van der Waals surface area contributed by atoms with Gasteiger partial charge in [-0.2, -0.15) is 5.10 Å². The van der Waals surface area contributed by atoms with E-state index in [1.54, 1.807) is 50.2 Å². The molecule has 5 amide bonds. The molecule has 0 radical (unpaired) electrons. The molecule has 0 unspecified atom stereocenters. The van der Waals surface area contributed by atoms with E-state index in [0.29, 0.717) is 41.2 Å². The molecule has 1 aromatic heterocycles. The lowest BCUT2D eigenvalue weighted by Crippen LogP contribution is -2.59. The summed E-state index contributed by atoms with van der Waals surface area (Å²) in [5.74, 6) is -1.96. The van der Waals surface area contributed by atoms with Gasteiger partial charge in [0, 0.05) is 24.8 Å². The predicted octanol–water partition coefficient (Wildman–Crippen LogP) is 1.51. The van der Waals surface area contributed by atoms with E-state index in [9.17, 15) is 29.1 Å². The van der Waals surface area contributed by atoms with Crippen LogP contribution in [0.1, 0.15) is 59.9 Å². The number of ether oxygens (including phenoxy) is 3. The Kier molecular flexibility index (Phi) is 13.4. The molecule has 1 aliphatic heterocycles. The zero-order chi connectivity index (χ0) is 37.1. The standard InChI is InChI=1S/C35H45N7O9/c1-20(2)30-33(46)37-18-24-25(49-4)9-8-10-26(24)51-28-15-22(11-12-27(28)50-5)32(45)36-13-6-7-14-42(35(48)23-16-38-39-17-23)19-29(44)40-31(21(3)43)34(47)41-30/h8-12,15-17,20-21,30-31,43H,6-7,13-14,18-19H2,1-5H3,(H,36,45)(H,37,46)(H,38,39)(H,40,44)(H,41,47)/t21-,30-,31+/m1/s1. The SMILES string of the molecule is COc1ccc2cc1Oc1cccc(OC)c1CNC(=O)[C@@H](C(C)C)NC(=O)[C@H]([C@@H](C)O)NC(=O)CN(C(=O)c1cn[nH]c1)CCCCNC2=O. The minimum atomic E-state index is -1.44. The second kappa shape index (κ2) is 17.8. The van der Waals surface area contributed by atoms with Gasteiger partial charge in [-0.15, -0.1) is 0 Å². The number of carbonyl (C=O) groups is 5. The van der Waals surface area contributed by atoms with Gasteiger partial charge in [0.2, 0.25) is 17.7 Å². The fraction of sp³-hybridized carbons (Fsp3) is 0.429. The highest BCUT2D eigenvalue weighted by molar-refractivity contribution is 5.97. The molecule has 2 heterocycles. The van der Waals surface area contributed by atoms with Gasteiger partial charge in [0.15, 0.2) is 11.5 Å². The van der Waals surface area contributed by atoms with Crippen LogP contribution in [0.3, 0.4) is 0 Å². The second-order valence-electron chi connectivity index (χ2n) is 12.3. The number of aliphatic hydroxyl groups is 1. The summed E-state index contributed by atoms with van der Waals surface area (Å²) in [5, 5.41) is 27.7. The van der Waals surface area contributed by atoms with Crippen LogP contribution in [0.15, 0.2) is 48.8 Å². The van der Waals surface area contributed by atoms with Crippen molar-refractivity contribution in [3.63, 3.8) is 0 Å². The quantitative estimate of drug-likeness (QED) is 0.225. The van der Waals surface area contributed by atoms with Gasteiger partial charge in [-0.05, 0) is 56.0 Å². The fourth-order valence-corrected chi connectivity index (χ4v) is 5.42. The molecule has 16 nitrogen and oxygen atoms in total. The predicted molar refractivity (Wildman–Crippen MR) is 184 cm³/mol. The number of rotatable bonds is 5. The van der Waals surface area contributed by atoms with Gasteiger partial charge < -0.3 is 45.5 Å². The molecular weight excluding hydrogens is 662 g/mol. The minimum Gasteiger partial charge on any atom is -0.496 e. The van der Waals surface area contributed by atoms with Crippen molar-refractivity contribution >= 4 is 29.5 Å². The molecule has 0 saturated heterocycles. The zero-order valence-electron chi connectivity index (χ0n) is 29.3. The zero-order valence-corrected chi connectivity index (χ0v) is 29.3. The molecule has 2 aromatic carbocycles. The lowest BCUT2D eigenvalue weighted by molar-refractivity contribution is -0.135. The van der Waals surface area contributed by atoms with Gasteiger partial charge in [-0.25, -0.2) is 0 Å². The van der Waals surface area contributed by atoms with Crippen molar-refractivity contribution < 1.29 is 43.3 Å². The lowest BCUT2D eigenvalue weighted by Gasteiger charge is -2.28. The molecular formula is C35H45N7O9. The number of amides is 5. The van der Waals surface area contributed by atoms with Crippen LogP contribution >= 0.6 is 0 Å². The van der Waals surface area contributed by atoms with E-state index in [1.165, 1.54) is 38.4 Å². The maximum atomic E-state index is 13.6. The van der Waals surface area contributed by atoms with Gasteiger partial charge >= 0.3 is 0 Å². The highest BCUT2D eigenvalue weighted by Gasteiger charge is 2.32. The Labute approximate surface area is 295 Å². The van der Waals surface area contributed by atoms with Gasteiger partial charge in [-0.3, -0.25) is 29.1 Å². The van der Waals surface area contributed by atoms with Crippen molar-refractivity contribution in [3.8, 4) is 23.0 Å². The third-order valence-electron chi connectivity index (χ3n) is 8.23. The first kappa shape index (κ1) is 38.2. The number of aliphatic hydroxyl groups excluding tert-OH is 1. The number of carbonyl (C=O) groups excluding carboxylic acids is 5. The molecule has 0 spiro atoms. The van der Waals surface area contributed by atoms with Crippen molar-refractivity contribution in [2.75, 3.05) is 33.9 Å². The third-order valence-corrected chi connectivity index (χ3v) is 8.23. The van der Waals surface area contributed by atoms with Gasteiger partial charge in [0.25, 0.3) is 11.8 Å². The van der Waals surface area contributed by atoms with Gasteiger partial charge in [0.05, 0.1) is 50.7 Å². The number of aromatic amines is 1. The first-order chi connectivity index (χ1) is 24.4. The number of aromatic nitrogens is 2. The summed E-state index contributed by atoms with van der Waals surface area (Å²) in [5.41, 5.74) is 1.00. The van der Waals surface area contributed by atoms with Crippen molar-refractivity contribution in [2.24, 2.45) is 5.92 Å². The maximum absolute atomic E-state index is 13.6. The van der Waals surface area contributed by atoms with Crippen LogP contribution in [0, 0.1) is 5.92 Å². The third kappa shape index (κ3) is 9.97. The number of H-pyrrole nitrogens is 1. The average Bonchev–Trinajstić information content (AvgIpc) is 3.65. The summed E-state index contributed by atoms with van der Waals surface area (Å²) in [6.07, 6.45) is 2.26. The van der Waals surface area contributed by atoms with E-state index in [-0.39, 0.29) is 36.9 Å². The number of nitrogens with zero attached hydrogens (tertiary/aromatic N) is 2. The molecule has 4 rings (SSSR count). The molecule has 16 heteroatoms. The Morgan fingerprint density at radius 3 is 2.37 bits per heavy atom. The Bertz CT molecular complexity index is 1690. The number of hydrogen-bond donors (Lipinski definition) is 6. The number of fused-ring (bicyclic) bond motifs is 3. The van der Waals surface area contributed by atoms with E-state index in [0.717, 1.165) is 0 Å². The first-order valence-corrected chi connectivity index (χ1v) is 16.6. The van der Waals surface area contributed by atoms with E-state index in [2.05, 4.69) is 31.5 Å². The van der Waals surface area contributed by atoms with Crippen LogP contribution in [-0.2, 0) is 20.9 Å². The summed E-state index contributed by atoms with van der Waals surface area (Å²) in [6.45, 7) is 4.70. The summed E-state index contributed by atoms with van der Waals surface area (Å²) >= 11 is 0. The fourth-order valence-electron chi connectivity index (χ4n) is 5.42. The molecule has 2 bridgehead atoms. The van der Waals surface area contributed by atoms with Crippen LogP contribution in [0.5, 0.6) is 23.0 Å².